The molecule has 4 nitrogen and oxygen atoms in total. The molecule has 1 aromatic carbocycles. The highest BCUT2D eigenvalue weighted by Crippen LogP contribution is 2.22. The van der Waals surface area contributed by atoms with Crippen molar-refractivity contribution in [1.82, 2.24) is 10.2 Å². The molecule has 104 valence electrons. The van der Waals surface area contributed by atoms with E-state index in [1.165, 1.54) is 0 Å². The van der Waals surface area contributed by atoms with Gasteiger partial charge in [0.15, 0.2) is 6.10 Å². The van der Waals surface area contributed by atoms with E-state index >= 15 is 0 Å². The largest absolute Gasteiger partial charge is 0.480 e. The maximum atomic E-state index is 11.9. The van der Waals surface area contributed by atoms with Gasteiger partial charge in [0.05, 0.1) is 0 Å². The lowest BCUT2D eigenvalue weighted by Gasteiger charge is -2.16. The van der Waals surface area contributed by atoms with Gasteiger partial charge in [-0.2, -0.15) is 0 Å². The molecule has 0 saturated carbocycles. The van der Waals surface area contributed by atoms with Crippen molar-refractivity contribution >= 4 is 5.91 Å². The molecule has 1 atom stereocenters. The molecule has 1 saturated heterocycles. The molecule has 0 bridgehead atoms. The first-order valence-corrected chi connectivity index (χ1v) is 6.92. The van der Waals surface area contributed by atoms with Crippen LogP contribution in [0.5, 0.6) is 5.75 Å². The standard InChI is InChI=1S/C15H22N2O2/c1-3-9-16-11-12-6-4-5-7-13(12)19-14-8-10-17(2)15(14)18/h4-7,14,16H,3,8-11H2,1-2H3. The first kappa shape index (κ1) is 13.9. The third kappa shape index (κ3) is 3.47. The molecule has 0 aromatic heterocycles. The maximum absolute atomic E-state index is 11.9. The van der Waals surface area contributed by atoms with Gasteiger partial charge in [-0.1, -0.05) is 25.1 Å². The van der Waals surface area contributed by atoms with E-state index in [1.807, 2.05) is 31.3 Å². The molecule has 0 spiro atoms. The van der Waals surface area contributed by atoms with Crippen LogP contribution in [-0.2, 0) is 11.3 Å². The van der Waals surface area contributed by atoms with E-state index in [2.05, 4.69) is 12.2 Å². The quantitative estimate of drug-likeness (QED) is 0.795. The van der Waals surface area contributed by atoms with Crippen molar-refractivity contribution in [2.24, 2.45) is 0 Å². The molecule has 0 radical (unpaired) electrons. The summed E-state index contributed by atoms with van der Waals surface area (Å²) in [5.41, 5.74) is 1.11. The van der Waals surface area contributed by atoms with Crippen LogP contribution in [0.4, 0.5) is 0 Å². The number of benzene rings is 1. The predicted molar refractivity (Wildman–Crippen MR) is 75.1 cm³/mol. The summed E-state index contributed by atoms with van der Waals surface area (Å²) in [4.78, 5) is 13.6. The number of carbonyl (C=O) groups excluding carboxylic acids is 1. The van der Waals surface area contributed by atoms with Gasteiger partial charge in [0.25, 0.3) is 5.91 Å². The van der Waals surface area contributed by atoms with Gasteiger partial charge < -0.3 is 15.0 Å². The normalized spacial score (nSPS) is 18.9. The van der Waals surface area contributed by atoms with E-state index in [9.17, 15) is 4.79 Å². The Balaban J connectivity index is 2.01. The Bertz CT molecular complexity index is 434. The van der Waals surface area contributed by atoms with E-state index < -0.39 is 0 Å². The predicted octanol–water partition coefficient (Wildman–Crippen LogP) is 1.80. The molecule has 1 fully saturated rings. The fourth-order valence-corrected chi connectivity index (χ4v) is 2.22. The third-order valence-electron chi connectivity index (χ3n) is 3.36. The Morgan fingerprint density at radius 1 is 1.42 bits per heavy atom. The van der Waals surface area contributed by atoms with Gasteiger partial charge >= 0.3 is 0 Å². The van der Waals surface area contributed by atoms with Gasteiger partial charge in [-0.15, -0.1) is 0 Å². The number of likely N-dealkylation sites (tertiary alicyclic amines) is 1. The number of rotatable bonds is 6. The molecular formula is C15H22N2O2. The van der Waals surface area contributed by atoms with Crippen molar-refractivity contribution in [2.45, 2.75) is 32.4 Å². The van der Waals surface area contributed by atoms with Crippen LogP contribution in [0.15, 0.2) is 24.3 Å². The van der Waals surface area contributed by atoms with Crippen molar-refractivity contribution in [3.63, 3.8) is 0 Å². The molecule has 1 amide bonds. The van der Waals surface area contributed by atoms with Crippen molar-refractivity contribution in [3.05, 3.63) is 29.8 Å². The minimum atomic E-state index is -0.322. The van der Waals surface area contributed by atoms with Gasteiger partial charge in [-0.25, -0.2) is 0 Å². The second kappa shape index (κ2) is 6.57. The van der Waals surface area contributed by atoms with E-state index in [4.69, 9.17) is 4.74 Å². The van der Waals surface area contributed by atoms with E-state index in [1.54, 1.807) is 4.90 Å². The van der Waals surface area contributed by atoms with Crippen LogP contribution in [0.1, 0.15) is 25.3 Å². The summed E-state index contributed by atoms with van der Waals surface area (Å²) in [6, 6.07) is 7.93. The van der Waals surface area contributed by atoms with Crippen LogP contribution < -0.4 is 10.1 Å². The van der Waals surface area contributed by atoms with E-state index in [0.717, 1.165) is 43.8 Å². The molecule has 19 heavy (non-hydrogen) atoms. The summed E-state index contributed by atoms with van der Waals surface area (Å²) in [6.07, 6.45) is 1.55. The highest BCUT2D eigenvalue weighted by molar-refractivity contribution is 5.83. The van der Waals surface area contributed by atoms with E-state index in [0.29, 0.717) is 0 Å². The van der Waals surface area contributed by atoms with Crippen LogP contribution in [0.3, 0.4) is 0 Å². The second-order valence-corrected chi connectivity index (χ2v) is 4.94. The molecule has 1 aromatic rings. The SMILES string of the molecule is CCCNCc1ccccc1OC1CCN(C)C1=O. The Hall–Kier alpha value is -1.55. The van der Waals surface area contributed by atoms with Gasteiger partial charge in [-0.05, 0) is 19.0 Å². The Morgan fingerprint density at radius 3 is 2.89 bits per heavy atom. The minimum absolute atomic E-state index is 0.0799. The van der Waals surface area contributed by atoms with Gasteiger partial charge in [0.2, 0.25) is 0 Å². The van der Waals surface area contributed by atoms with Crippen LogP contribution in [0.25, 0.3) is 0 Å². The molecule has 4 heteroatoms. The van der Waals surface area contributed by atoms with Crippen LogP contribution >= 0.6 is 0 Å². The minimum Gasteiger partial charge on any atom is -0.480 e. The third-order valence-corrected chi connectivity index (χ3v) is 3.36. The summed E-state index contributed by atoms with van der Waals surface area (Å²) in [5, 5.41) is 3.36. The zero-order valence-corrected chi connectivity index (χ0v) is 11.7. The number of nitrogens with zero attached hydrogens (tertiary/aromatic N) is 1. The summed E-state index contributed by atoms with van der Waals surface area (Å²) in [6.45, 7) is 4.68. The molecule has 1 N–H and O–H groups in total. The molecule has 2 rings (SSSR count). The summed E-state index contributed by atoms with van der Waals surface area (Å²) < 4.78 is 5.89. The number of para-hydroxylation sites is 1. The maximum Gasteiger partial charge on any atom is 0.263 e. The van der Waals surface area contributed by atoms with Crippen LogP contribution in [-0.4, -0.2) is 37.0 Å². The average Bonchev–Trinajstić information content (AvgIpc) is 2.73. The number of hydrogen-bond donors (Lipinski definition) is 1. The number of likely N-dealkylation sites (N-methyl/N-ethyl adjacent to an activating group) is 1. The fourth-order valence-electron chi connectivity index (χ4n) is 2.22. The van der Waals surface area contributed by atoms with Crippen molar-refractivity contribution in [2.75, 3.05) is 20.1 Å². The fraction of sp³-hybridized carbons (Fsp3) is 0.533. The molecule has 0 aliphatic carbocycles. The second-order valence-electron chi connectivity index (χ2n) is 4.94. The summed E-state index contributed by atoms with van der Waals surface area (Å²) >= 11 is 0. The highest BCUT2D eigenvalue weighted by atomic mass is 16.5. The monoisotopic (exact) mass is 262 g/mol. The smallest absolute Gasteiger partial charge is 0.263 e. The average molecular weight is 262 g/mol. The Labute approximate surface area is 114 Å². The molecule has 1 aliphatic heterocycles. The topological polar surface area (TPSA) is 41.6 Å². The zero-order valence-electron chi connectivity index (χ0n) is 11.7. The zero-order chi connectivity index (χ0) is 13.7. The van der Waals surface area contributed by atoms with Crippen LogP contribution in [0.2, 0.25) is 0 Å². The number of carbonyl (C=O) groups is 1. The van der Waals surface area contributed by atoms with Gasteiger partial charge in [0, 0.05) is 32.1 Å². The number of hydrogen-bond acceptors (Lipinski definition) is 3. The lowest BCUT2D eigenvalue weighted by atomic mass is 10.2. The van der Waals surface area contributed by atoms with Gasteiger partial charge in [-0.3, -0.25) is 4.79 Å². The van der Waals surface area contributed by atoms with Crippen molar-refractivity contribution in [3.8, 4) is 5.75 Å². The molecule has 1 aliphatic rings. The first-order chi connectivity index (χ1) is 9.22. The molecular weight excluding hydrogens is 240 g/mol. The first-order valence-electron chi connectivity index (χ1n) is 6.92. The number of amides is 1. The van der Waals surface area contributed by atoms with Gasteiger partial charge in [0.1, 0.15) is 5.75 Å². The summed E-state index contributed by atoms with van der Waals surface area (Å²) in [7, 11) is 1.82. The molecule has 1 unspecified atom stereocenters. The Morgan fingerprint density at radius 2 is 2.21 bits per heavy atom. The number of nitrogens with one attached hydrogen (secondary N) is 1. The lowest BCUT2D eigenvalue weighted by molar-refractivity contribution is -0.132. The Kier molecular flexibility index (Phi) is 4.80. The lowest BCUT2D eigenvalue weighted by Crippen LogP contribution is -2.29. The molecule has 1 heterocycles. The number of ether oxygens (including phenoxy) is 1. The van der Waals surface area contributed by atoms with Crippen molar-refractivity contribution < 1.29 is 9.53 Å². The van der Waals surface area contributed by atoms with Crippen molar-refractivity contribution in [1.29, 1.82) is 0 Å². The summed E-state index contributed by atoms with van der Waals surface area (Å²) in [5.74, 6) is 0.899. The van der Waals surface area contributed by atoms with Crippen LogP contribution in [0, 0.1) is 0 Å². The highest BCUT2D eigenvalue weighted by Gasteiger charge is 2.31. The van der Waals surface area contributed by atoms with E-state index in [-0.39, 0.29) is 12.0 Å².